The third kappa shape index (κ3) is 5.35. The van der Waals surface area contributed by atoms with E-state index in [0.717, 1.165) is 38.5 Å². The molecule has 26 heavy (non-hydrogen) atoms. The molecule has 1 aromatic rings. The monoisotopic (exact) mass is 361 g/mol. The number of rotatable bonds is 7. The van der Waals surface area contributed by atoms with E-state index in [0.29, 0.717) is 19.0 Å². The first-order chi connectivity index (χ1) is 12.6. The first-order valence-electron chi connectivity index (χ1n) is 9.61. The Hall–Kier alpha value is -1.79. The molecule has 2 aliphatic rings. The van der Waals surface area contributed by atoms with E-state index >= 15 is 0 Å². The van der Waals surface area contributed by atoms with Crippen molar-refractivity contribution in [3.8, 4) is 5.75 Å². The highest BCUT2D eigenvalue weighted by molar-refractivity contribution is 5.75. The molecule has 2 heterocycles. The molecule has 2 fully saturated rings. The number of benzene rings is 1. The van der Waals surface area contributed by atoms with Crippen molar-refractivity contribution in [2.75, 3.05) is 53.0 Å². The molecule has 144 valence electrons. The minimum atomic E-state index is 0.0307. The number of hydrogen-bond acceptors (Lipinski definition) is 4. The summed E-state index contributed by atoms with van der Waals surface area (Å²) in [6, 6.07) is 8.07. The Labute approximate surface area is 156 Å². The number of carbonyl (C=O) groups is 1. The van der Waals surface area contributed by atoms with Gasteiger partial charge in [0, 0.05) is 26.7 Å². The molecule has 1 atom stereocenters. The molecule has 2 saturated heterocycles. The van der Waals surface area contributed by atoms with Crippen LogP contribution in [0.25, 0.3) is 0 Å². The molecule has 0 bridgehead atoms. The van der Waals surface area contributed by atoms with E-state index < -0.39 is 0 Å². The van der Waals surface area contributed by atoms with Gasteiger partial charge < -0.3 is 24.6 Å². The number of urea groups is 1. The maximum atomic E-state index is 12.3. The fraction of sp³-hybridized carbons (Fsp3) is 0.650. The molecular weight excluding hydrogens is 330 g/mol. The molecule has 1 N–H and O–H groups in total. The summed E-state index contributed by atoms with van der Waals surface area (Å²) in [7, 11) is 1.74. The third-order valence-electron chi connectivity index (χ3n) is 5.18. The molecule has 0 spiro atoms. The number of likely N-dealkylation sites (tertiary alicyclic amines) is 2. The number of nitrogens with one attached hydrogen (secondary N) is 1. The van der Waals surface area contributed by atoms with E-state index in [-0.39, 0.29) is 12.1 Å². The molecule has 0 saturated carbocycles. The van der Waals surface area contributed by atoms with E-state index in [9.17, 15) is 4.79 Å². The summed E-state index contributed by atoms with van der Waals surface area (Å²) in [5.41, 5.74) is 1.18. The van der Waals surface area contributed by atoms with Gasteiger partial charge in [-0.05, 0) is 49.9 Å². The van der Waals surface area contributed by atoms with Crippen molar-refractivity contribution in [2.24, 2.45) is 5.92 Å². The van der Waals surface area contributed by atoms with Crippen LogP contribution in [0.3, 0.4) is 0 Å². The Morgan fingerprint density at radius 3 is 2.92 bits per heavy atom. The summed E-state index contributed by atoms with van der Waals surface area (Å²) in [6.45, 7) is 8.05. The lowest BCUT2D eigenvalue weighted by atomic mass is 9.98. The lowest BCUT2D eigenvalue weighted by Crippen LogP contribution is -2.59. The molecule has 6 nitrogen and oxygen atoms in total. The predicted molar refractivity (Wildman–Crippen MR) is 102 cm³/mol. The zero-order chi connectivity index (χ0) is 18.4. The maximum absolute atomic E-state index is 12.3. The average molecular weight is 361 g/mol. The number of piperidine rings is 1. The van der Waals surface area contributed by atoms with Gasteiger partial charge in [-0.25, -0.2) is 4.79 Å². The Bertz CT molecular complexity index is 589. The van der Waals surface area contributed by atoms with Crippen LogP contribution < -0.4 is 10.1 Å². The van der Waals surface area contributed by atoms with E-state index in [1.165, 1.54) is 18.4 Å². The van der Waals surface area contributed by atoms with Gasteiger partial charge in [-0.2, -0.15) is 0 Å². The Kier molecular flexibility index (Phi) is 6.74. The number of methoxy groups -OCH3 is 1. The van der Waals surface area contributed by atoms with E-state index in [1.807, 2.05) is 23.1 Å². The van der Waals surface area contributed by atoms with Crippen LogP contribution in [-0.2, 0) is 4.74 Å². The van der Waals surface area contributed by atoms with Crippen LogP contribution >= 0.6 is 0 Å². The second-order valence-corrected chi connectivity index (χ2v) is 7.45. The zero-order valence-electron chi connectivity index (χ0n) is 15.9. The summed E-state index contributed by atoms with van der Waals surface area (Å²) in [6.07, 6.45) is 2.48. The van der Waals surface area contributed by atoms with Crippen molar-refractivity contribution in [3.05, 3.63) is 29.8 Å². The number of amides is 2. The van der Waals surface area contributed by atoms with Crippen LogP contribution in [-0.4, -0.2) is 74.9 Å². The van der Waals surface area contributed by atoms with Crippen molar-refractivity contribution in [2.45, 2.75) is 25.9 Å². The van der Waals surface area contributed by atoms with Gasteiger partial charge in [-0.1, -0.05) is 12.1 Å². The standard InChI is InChI=1S/C20H31N3O3/c1-16-5-3-7-18(11-16)26-19-14-23(15-19)20(24)21-12-17-6-4-8-22(13-17)9-10-25-2/h3,5,7,11,17,19H,4,6,8-10,12-15H2,1-2H3,(H,21,24)/t17-/m1/s1. The Morgan fingerprint density at radius 1 is 1.31 bits per heavy atom. The predicted octanol–water partition coefficient (Wildman–Crippen LogP) is 2.13. The van der Waals surface area contributed by atoms with Gasteiger partial charge in [0.1, 0.15) is 11.9 Å². The summed E-state index contributed by atoms with van der Waals surface area (Å²) in [5.74, 6) is 1.42. The van der Waals surface area contributed by atoms with Gasteiger partial charge in [0.2, 0.25) is 0 Å². The summed E-state index contributed by atoms with van der Waals surface area (Å²) in [5, 5.41) is 3.10. The van der Waals surface area contributed by atoms with Gasteiger partial charge in [0.05, 0.1) is 19.7 Å². The zero-order valence-corrected chi connectivity index (χ0v) is 15.9. The second-order valence-electron chi connectivity index (χ2n) is 7.45. The number of ether oxygens (including phenoxy) is 2. The average Bonchev–Trinajstić information content (AvgIpc) is 2.61. The van der Waals surface area contributed by atoms with Gasteiger partial charge in [0.25, 0.3) is 0 Å². The molecule has 0 aliphatic carbocycles. The molecule has 0 aromatic heterocycles. The van der Waals surface area contributed by atoms with Gasteiger partial charge in [-0.3, -0.25) is 0 Å². The van der Waals surface area contributed by atoms with Crippen LogP contribution in [0.4, 0.5) is 4.79 Å². The fourth-order valence-corrected chi connectivity index (χ4v) is 3.64. The molecule has 2 aliphatic heterocycles. The molecule has 0 radical (unpaired) electrons. The highest BCUT2D eigenvalue weighted by atomic mass is 16.5. The number of aryl methyl sites for hydroxylation is 1. The fourth-order valence-electron chi connectivity index (χ4n) is 3.64. The smallest absolute Gasteiger partial charge is 0.317 e. The molecule has 2 amide bonds. The van der Waals surface area contributed by atoms with Crippen LogP contribution in [0.1, 0.15) is 18.4 Å². The topological polar surface area (TPSA) is 54.0 Å². The van der Waals surface area contributed by atoms with Crippen molar-refractivity contribution < 1.29 is 14.3 Å². The molecule has 6 heteroatoms. The van der Waals surface area contributed by atoms with Crippen molar-refractivity contribution in [1.82, 2.24) is 15.1 Å². The molecule has 1 aromatic carbocycles. The van der Waals surface area contributed by atoms with Crippen molar-refractivity contribution in [3.63, 3.8) is 0 Å². The van der Waals surface area contributed by atoms with Crippen LogP contribution in [0, 0.1) is 12.8 Å². The highest BCUT2D eigenvalue weighted by Crippen LogP contribution is 2.20. The van der Waals surface area contributed by atoms with Gasteiger partial charge >= 0.3 is 6.03 Å². The SMILES string of the molecule is COCCN1CCC[C@H](CNC(=O)N2CC(Oc3cccc(C)c3)C2)C1. The Balaban J connectivity index is 1.33. The van der Waals surface area contributed by atoms with Gasteiger partial charge in [0.15, 0.2) is 0 Å². The van der Waals surface area contributed by atoms with E-state index in [1.54, 1.807) is 7.11 Å². The summed E-state index contributed by atoms with van der Waals surface area (Å²) < 4.78 is 11.1. The van der Waals surface area contributed by atoms with Crippen LogP contribution in [0.2, 0.25) is 0 Å². The molecule has 3 rings (SSSR count). The van der Waals surface area contributed by atoms with E-state index in [2.05, 4.69) is 23.2 Å². The largest absolute Gasteiger partial charge is 0.487 e. The maximum Gasteiger partial charge on any atom is 0.317 e. The third-order valence-corrected chi connectivity index (χ3v) is 5.18. The molecule has 0 unspecified atom stereocenters. The number of hydrogen-bond donors (Lipinski definition) is 1. The minimum Gasteiger partial charge on any atom is -0.487 e. The minimum absolute atomic E-state index is 0.0307. The quantitative estimate of drug-likeness (QED) is 0.808. The second kappa shape index (κ2) is 9.24. The van der Waals surface area contributed by atoms with Crippen molar-refractivity contribution in [1.29, 1.82) is 0 Å². The van der Waals surface area contributed by atoms with Crippen LogP contribution in [0.5, 0.6) is 5.75 Å². The summed E-state index contributed by atoms with van der Waals surface area (Å²) in [4.78, 5) is 16.6. The van der Waals surface area contributed by atoms with Gasteiger partial charge in [-0.15, -0.1) is 0 Å². The highest BCUT2D eigenvalue weighted by Gasteiger charge is 2.32. The first kappa shape index (κ1) is 19.0. The van der Waals surface area contributed by atoms with E-state index in [4.69, 9.17) is 9.47 Å². The number of nitrogens with zero attached hydrogens (tertiary/aromatic N) is 2. The number of carbonyl (C=O) groups excluding carboxylic acids is 1. The van der Waals surface area contributed by atoms with Crippen molar-refractivity contribution >= 4 is 6.03 Å². The Morgan fingerprint density at radius 2 is 2.15 bits per heavy atom. The summed E-state index contributed by atoms with van der Waals surface area (Å²) >= 11 is 0. The molecular formula is C20H31N3O3. The normalized spacial score (nSPS) is 21.3. The first-order valence-corrected chi connectivity index (χ1v) is 9.61. The van der Waals surface area contributed by atoms with Crippen LogP contribution in [0.15, 0.2) is 24.3 Å². The lowest BCUT2D eigenvalue weighted by Gasteiger charge is -2.39. The lowest BCUT2D eigenvalue weighted by molar-refractivity contribution is 0.0434.